The van der Waals surface area contributed by atoms with Crippen molar-refractivity contribution in [1.82, 2.24) is 0 Å². The van der Waals surface area contributed by atoms with Gasteiger partial charge in [0, 0.05) is 22.6 Å². The van der Waals surface area contributed by atoms with E-state index >= 15 is 0 Å². The SMILES string of the molecule is C[C@@]12C3=C([Si](C)(C)C)C(=O)O[C@@H]1CC[C@@H]2CC3=O. The number of ketones is 1. The molecule has 2 saturated carbocycles. The normalized spacial score (nSPS) is 39.1. The molecule has 0 amide bonds. The lowest BCUT2D eigenvalue weighted by molar-refractivity contribution is -0.150. The third kappa shape index (κ3) is 1.30. The Morgan fingerprint density at radius 2 is 1.89 bits per heavy atom. The highest BCUT2D eigenvalue weighted by Gasteiger charge is 2.62. The van der Waals surface area contributed by atoms with E-state index in [1.54, 1.807) is 0 Å². The summed E-state index contributed by atoms with van der Waals surface area (Å²) in [6.07, 6.45) is 2.50. The Morgan fingerprint density at radius 3 is 2.50 bits per heavy atom. The molecule has 1 aliphatic heterocycles. The fraction of sp³-hybridized carbons (Fsp3) is 0.714. The van der Waals surface area contributed by atoms with Gasteiger partial charge in [-0.3, -0.25) is 4.79 Å². The van der Waals surface area contributed by atoms with Crippen LogP contribution in [0.1, 0.15) is 26.2 Å². The first kappa shape index (κ1) is 12.1. The number of ether oxygens (including phenoxy) is 1. The van der Waals surface area contributed by atoms with Crippen LogP contribution >= 0.6 is 0 Å². The van der Waals surface area contributed by atoms with Gasteiger partial charge in [0.15, 0.2) is 5.78 Å². The van der Waals surface area contributed by atoms with Crippen LogP contribution in [0.4, 0.5) is 0 Å². The molecule has 4 heteroatoms. The van der Waals surface area contributed by atoms with Crippen LogP contribution in [0, 0.1) is 11.3 Å². The zero-order valence-electron chi connectivity index (χ0n) is 11.5. The van der Waals surface area contributed by atoms with Crippen molar-refractivity contribution in [3.05, 3.63) is 10.8 Å². The number of carbonyl (C=O) groups excluding carboxylic acids is 2. The van der Waals surface area contributed by atoms with Gasteiger partial charge in [-0.2, -0.15) is 0 Å². The van der Waals surface area contributed by atoms with E-state index in [4.69, 9.17) is 4.74 Å². The summed E-state index contributed by atoms with van der Waals surface area (Å²) >= 11 is 0. The molecular formula is C14H20O3Si. The van der Waals surface area contributed by atoms with Gasteiger partial charge < -0.3 is 4.74 Å². The van der Waals surface area contributed by atoms with Crippen LogP contribution in [0.2, 0.25) is 19.6 Å². The van der Waals surface area contributed by atoms with E-state index in [-0.39, 0.29) is 23.3 Å². The average molecular weight is 264 g/mol. The fourth-order valence-corrected chi connectivity index (χ4v) is 5.91. The molecule has 0 unspecified atom stereocenters. The lowest BCUT2D eigenvalue weighted by Crippen LogP contribution is -2.46. The Morgan fingerprint density at radius 1 is 1.22 bits per heavy atom. The van der Waals surface area contributed by atoms with Crippen LogP contribution in [0.25, 0.3) is 0 Å². The smallest absolute Gasteiger partial charge is 0.330 e. The van der Waals surface area contributed by atoms with Crippen molar-refractivity contribution in [2.75, 3.05) is 0 Å². The summed E-state index contributed by atoms with van der Waals surface area (Å²) in [5.41, 5.74) is 0.672. The molecule has 0 radical (unpaired) electrons. The molecule has 18 heavy (non-hydrogen) atoms. The predicted molar refractivity (Wildman–Crippen MR) is 70.7 cm³/mol. The minimum absolute atomic E-state index is 0.0588. The van der Waals surface area contributed by atoms with E-state index in [0.717, 1.165) is 23.6 Å². The molecule has 3 nitrogen and oxygen atoms in total. The van der Waals surface area contributed by atoms with Crippen molar-refractivity contribution < 1.29 is 14.3 Å². The first-order valence-corrected chi connectivity index (χ1v) is 10.3. The molecule has 3 atom stereocenters. The number of rotatable bonds is 1. The minimum Gasteiger partial charge on any atom is -0.458 e. The van der Waals surface area contributed by atoms with Gasteiger partial charge in [0.25, 0.3) is 0 Å². The minimum atomic E-state index is -1.84. The maximum Gasteiger partial charge on any atom is 0.330 e. The van der Waals surface area contributed by atoms with Crippen LogP contribution in [-0.4, -0.2) is 25.9 Å². The topological polar surface area (TPSA) is 43.4 Å². The number of hydrogen-bond donors (Lipinski definition) is 0. The summed E-state index contributed by atoms with van der Waals surface area (Å²) in [7, 11) is -1.84. The molecule has 0 saturated heterocycles. The standard InChI is InChI=1S/C14H20O3Si/c1-14-8-5-6-10(14)17-13(16)12(18(2,3)4)11(14)9(15)7-8/h8,10H,5-7H2,1-4H3/t8-,10-,14+/m1/s1. The van der Waals surface area contributed by atoms with Gasteiger partial charge in [-0.1, -0.05) is 26.6 Å². The molecule has 0 aromatic rings. The van der Waals surface area contributed by atoms with Gasteiger partial charge in [0.1, 0.15) is 6.10 Å². The molecule has 0 bridgehead atoms. The van der Waals surface area contributed by atoms with E-state index in [0.29, 0.717) is 12.3 Å². The Balaban J connectivity index is 2.28. The molecule has 0 spiro atoms. The van der Waals surface area contributed by atoms with Crippen molar-refractivity contribution in [3.63, 3.8) is 0 Å². The van der Waals surface area contributed by atoms with E-state index in [9.17, 15) is 9.59 Å². The zero-order valence-corrected chi connectivity index (χ0v) is 12.5. The molecule has 3 rings (SSSR count). The van der Waals surface area contributed by atoms with Crippen LogP contribution in [0.3, 0.4) is 0 Å². The zero-order chi connectivity index (χ0) is 13.3. The Hall–Kier alpha value is -0.903. The summed E-state index contributed by atoms with van der Waals surface area (Å²) < 4.78 is 5.67. The lowest BCUT2D eigenvalue weighted by atomic mass is 9.76. The molecular weight excluding hydrogens is 244 g/mol. The highest BCUT2D eigenvalue weighted by Crippen LogP contribution is 2.60. The van der Waals surface area contributed by atoms with Gasteiger partial charge in [0.05, 0.1) is 8.07 Å². The second-order valence-electron chi connectivity index (χ2n) is 7.08. The molecule has 0 aromatic heterocycles. The first-order chi connectivity index (χ1) is 8.26. The number of esters is 1. The summed E-state index contributed by atoms with van der Waals surface area (Å²) in [5.74, 6) is 0.397. The highest BCUT2D eigenvalue weighted by molar-refractivity contribution is 6.87. The molecule has 3 aliphatic rings. The van der Waals surface area contributed by atoms with Gasteiger partial charge in [-0.15, -0.1) is 0 Å². The van der Waals surface area contributed by atoms with Gasteiger partial charge >= 0.3 is 5.97 Å². The fourth-order valence-electron chi connectivity index (χ4n) is 4.08. The maximum atomic E-state index is 12.4. The van der Waals surface area contributed by atoms with Crippen molar-refractivity contribution in [3.8, 4) is 0 Å². The molecule has 98 valence electrons. The summed E-state index contributed by atoms with van der Waals surface area (Å²) in [6.45, 7) is 8.50. The largest absolute Gasteiger partial charge is 0.458 e. The van der Waals surface area contributed by atoms with Gasteiger partial charge in [-0.05, 0) is 18.8 Å². The van der Waals surface area contributed by atoms with E-state index in [1.807, 2.05) is 0 Å². The number of carbonyl (C=O) groups is 2. The van der Waals surface area contributed by atoms with Crippen molar-refractivity contribution in [1.29, 1.82) is 0 Å². The molecule has 0 aromatic carbocycles. The quantitative estimate of drug-likeness (QED) is 0.540. The second-order valence-corrected chi connectivity index (χ2v) is 12.1. The summed E-state index contributed by atoms with van der Waals surface area (Å²) in [5, 5.41) is 0.760. The maximum absolute atomic E-state index is 12.4. The second kappa shape index (κ2) is 3.35. The Labute approximate surface area is 109 Å². The monoisotopic (exact) mass is 264 g/mol. The molecule has 1 heterocycles. The first-order valence-electron chi connectivity index (χ1n) is 6.75. The summed E-state index contributed by atoms with van der Waals surface area (Å²) in [4.78, 5) is 24.6. The van der Waals surface area contributed by atoms with Crippen LogP contribution in [0.15, 0.2) is 10.8 Å². The van der Waals surface area contributed by atoms with Crippen LogP contribution < -0.4 is 0 Å². The Kier molecular flexibility index (Phi) is 2.26. The third-order valence-corrected chi connectivity index (χ3v) is 6.95. The molecule has 2 fully saturated rings. The molecule has 0 N–H and O–H groups in total. The van der Waals surface area contributed by atoms with E-state index in [1.165, 1.54) is 0 Å². The molecule has 2 aliphatic carbocycles. The van der Waals surface area contributed by atoms with Crippen molar-refractivity contribution in [2.45, 2.75) is 51.9 Å². The van der Waals surface area contributed by atoms with E-state index < -0.39 is 8.07 Å². The van der Waals surface area contributed by atoms with E-state index in [2.05, 4.69) is 26.6 Å². The summed E-state index contributed by atoms with van der Waals surface area (Å²) in [6, 6.07) is 0. The van der Waals surface area contributed by atoms with Gasteiger partial charge in [-0.25, -0.2) is 4.79 Å². The predicted octanol–water partition coefficient (Wildman–Crippen LogP) is 2.47. The third-order valence-electron chi connectivity index (χ3n) is 5.00. The highest BCUT2D eigenvalue weighted by atomic mass is 28.3. The lowest BCUT2D eigenvalue weighted by Gasteiger charge is -2.40. The number of hydrogen-bond acceptors (Lipinski definition) is 3. The van der Waals surface area contributed by atoms with Crippen molar-refractivity contribution >= 4 is 19.8 Å². The van der Waals surface area contributed by atoms with Crippen molar-refractivity contribution in [2.24, 2.45) is 11.3 Å². The van der Waals surface area contributed by atoms with Crippen LogP contribution in [0.5, 0.6) is 0 Å². The number of Topliss-reactive ketones (excluding diaryl/α,β-unsaturated/α-hetero) is 1. The Bertz CT molecular complexity index is 486. The van der Waals surface area contributed by atoms with Crippen LogP contribution in [-0.2, 0) is 14.3 Å². The average Bonchev–Trinajstić information content (AvgIpc) is 2.65. The van der Waals surface area contributed by atoms with Gasteiger partial charge in [0.2, 0.25) is 0 Å².